The molecule has 0 spiro atoms. The molecule has 0 aromatic carbocycles. The molecule has 0 saturated carbocycles. The molecular weight excluding hydrogens is 191 g/mol. The van der Waals surface area contributed by atoms with Gasteiger partial charge in [0.1, 0.15) is 0 Å². The van der Waals surface area contributed by atoms with Gasteiger partial charge in [0.05, 0.1) is 11.4 Å². The van der Waals surface area contributed by atoms with Crippen LogP contribution >= 0.6 is 21.0 Å². The first kappa shape index (κ1) is 7.90. The van der Waals surface area contributed by atoms with Gasteiger partial charge in [0, 0.05) is 24.2 Å². The van der Waals surface area contributed by atoms with Gasteiger partial charge < -0.3 is 4.98 Å². The summed E-state index contributed by atoms with van der Waals surface area (Å²) in [5, 5.41) is 1.09. The van der Waals surface area contributed by atoms with Gasteiger partial charge in [-0.3, -0.25) is 4.09 Å². The Hall–Kier alpha value is -0.720. The van der Waals surface area contributed by atoms with Crippen molar-refractivity contribution in [2.45, 2.75) is 0 Å². The molecule has 1 atom stereocenters. The zero-order chi connectivity index (χ0) is 8.55. The average Bonchev–Trinajstić information content (AvgIpc) is 2.61. The van der Waals surface area contributed by atoms with E-state index in [1.54, 1.807) is 4.09 Å². The summed E-state index contributed by atoms with van der Waals surface area (Å²) in [6.45, 7) is 0. The first-order valence-electron chi connectivity index (χ1n) is 3.56. The molecule has 0 amide bonds. The van der Waals surface area contributed by atoms with Crippen molar-refractivity contribution in [3.63, 3.8) is 0 Å². The molecule has 2 aromatic rings. The van der Waals surface area contributed by atoms with E-state index < -0.39 is 0 Å². The third-order valence-electron chi connectivity index (χ3n) is 1.73. The maximum absolute atomic E-state index is 5.92. The van der Waals surface area contributed by atoms with E-state index in [1.165, 1.54) is 0 Å². The van der Waals surface area contributed by atoms with Crippen molar-refractivity contribution in [2.75, 3.05) is 0 Å². The first-order chi connectivity index (χ1) is 5.79. The van der Waals surface area contributed by atoms with Crippen LogP contribution in [0.25, 0.3) is 11.4 Å². The Kier molecular flexibility index (Phi) is 1.95. The molecule has 0 aliphatic heterocycles. The topological polar surface area (TPSA) is 20.7 Å². The van der Waals surface area contributed by atoms with Crippen molar-refractivity contribution < 1.29 is 0 Å². The Balaban J connectivity index is 2.60. The van der Waals surface area contributed by atoms with E-state index in [1.807, 2.05) is 30.6 Å². The Bertz CT molecular complexity index is 358. The van der Waals surface area contributed by atoms with Gasteiger partial charge in [0.15, 0.2) is 0 Å². The highest BCUT2D eigenvalue weighted by atomic mass is 35.5. The van der Waals surface area contributed by atoms with Gasteiger partial charge in [0.25, 0.3) is 0 Å². The molecule has 1 unspecified atom stereocenters. The van der Waals surface area contributed by atoms with Gasteiger partial charge in [-0.15, -0.1) is 9.24 Å². The van der Waals surface area contributed by atoms with Crippen molar-refractivity contribution in [2.24, 2.45) is 0 Å². The minimum absolute atomic E-state index is 0.992. The number of aromatic amines is 1. The van der Waals surface area contributed by atoms with Gasteiger partial charge in [-0.1, -0.05) is 0 Å². The lowest BCUT2D eigenvalue weighted by Gasteiger charge is -1.98. The van der Waals surface area contributed by atoms with Crippen LogP contribution in [-0.4, -0.2) is 9.07 Å². The summed E-state index contributed by atoms with van der Waals surface area (Å²) in [5.74, 6) is 0. The lowest BCUT2D eigenvalue weighted by molar-refractivity contribution is 1.24. The third kappa shape index (κ3) is 1.17. The van der Waals surface area contributed by atoms with E-state index in [4.69, 9.17) is 11.8 Å². The number of rotatable bonds is 1. The zero-order valence-corrected chi connectivity index (χ0v) is 8.20. The molecule has 0 radical (unpaired) electrons. The van der Waals surface area contributed by atoms with Gasteiger partial charge in [-0.05, 0) is 23.5 Å². The lowest BCUT2D eigenvalue weighted by atomic mass is 10.3. The van der Waals surface area contributed by atoms with Crippen LogP contribution in [0.2, 0.25) is 0 Å². The van der Waals surface area contributed by atoms with Crippen molar-refractivity contribution in [1.29, 1.82) is 0 Å². The van der Waals surface area contributed by atoms with Crippen LogP contribution in [0.3, 0.4) is 0 Å². The second-order valence-electron chi connectivity index (χ2n) is 2.51. The van der Waals surface area contributed by atoms with Crippen molar-refractivity contribution in [3.05, 3.63) is 30.6 Å². The monoisotopic (exact) mass is 198 g/mol. The number of halogens is 1. The molecule has 2 nitrogen and oxygen atoms in total. The predicted octanol–water partition coefficient (Wildman–Crippen LogP) is 1.99. The first-order valence-corrected chi connectivity index (χ1v) is 4.47. The molecule has 4 heteroatoms. The Morgan fingerprint density at radius 3 is 2.75 bits per heavy atom. The van der Waals surface area contributed by atoms with Crippen LogP contribution in [0, 0.1) is 0 Å². The highest BCUT2D eigenvalue weighted by Crippen LogP contribution is 2.18. The molecule has 2 aromatic heterocycles. The van der Waals surface area contributed by atoms with E-state index in [2.05, 4.69) is 14.2 Å². The number of nitrogens with zero attached hydrogens (tertiary/aromatic N) is 1. The van der Waals surface area contributed by atoms with Crippen LogP contribution in [0.4, 0.5) is 0 Å². The fourth-order valence-electron chi connectivity index (χ4n) is 1.17. The van der Waals surface area contributed by atoms with Crippen LogP contribution in [0.5, 0.6) is 0 Å². The molecule has 0 bridgehead atoms. The number of nitrogens with one attached hydrogen (secondary N) is 1. The van der Waals surface area contributed by atoms with E-state index in [0.29, 0.717) is 0 Å². The third-order valence-corrected chi connectivity index (χ3v) is 2.47. The van der Waals surface area contributed by atoms with Crippen molar-refractivity contribution in [3.8, 4) is 11.4 Å². The van der Waals surface area contributed by atoms with Gasteiger partial charge >= 0.3 is 0 Å². The fourth-order valence-corrected chi connectivity index (χ4v) is 1.88. The van der Waals surface area contributed by atoms with Crippen molar-refractivity contribution >= 4 is 26.3 Å². The average molecular weight is 199 g/mol. The number of hydrogen-bond acceptors (Lipinski definition) is 0. The number of hydrogen-bond donors (Lipinski definition) is 1. The number of aromatic nitrogens is 2. The van der Waals surface area contributed by atoms with Gasteiger partial charge in [0.2, 0.25) is 0 Å². The standard InChI is InChI=1S/C8H8ClN2P/c9-11-5-3-7(12)8(11)6-2-1-4-10-6/h1-5,10H,12H2. The fraction of sp³-hybridized carbons (Fsp3) is 0. The molecule has 0 aliphatic carbocycles. The van der Waals surface area contributed by atoms with Crippen LogP contribution < -0.4 is 5.30 Å². The second kappa shape index (κ2) is 2.96. The Morgan fingerprint density at radius 2 is 2.25 bits per heavy atom. The SMILES string of the molecule is Pc1ccn(Cl)c1-c1ccc[nH]1. The normalized spacial score (nSPS) is 10.5. The summed E-state index contributed by atoms with van der Waals surface area (Å²) in [4.78, 5) is 3.10. The molecule has 0 fully saturated rings. The van der Waals surface area contributed by atoms with Crippen LogP contribution in [0.1, 0.15) is 0 Å². The molecule has 1 N–H and O–H groups in total. The summed E-state index contributed by atoms with van der Waals surface area (Å²) in [6, 6.07) is 5.89. The highest BCUT2D eigenvalue weighted by Gasteiger charge is 2.06. The molecule has 62 valence electrons. The second-order valence-corrected chi connectivity index (χ2v) is 3.50. The van der Waals surface area contributed by atoms with E-state index in [9.17, 15) is 0 Å². The van der Waals surface area contributed by atoms with E-state index in [-0.39, 0.29) is 0 Å². The lowest BCUT2D eigenvalue weighted by Crippen LogP contribution is -1.94. The molecular formula is C8H8ClN2P. The van der Waals surface area contributed by atoms with Crippen LogP contribution in [-0.2, 0) is 0 Å². The summed E-state index contributed by atoms with van der Waals surface area (Å²) < 4.78 is 1.58. The molecule has 12 heavy (non-hydrogen) atoms. The van der Waals surface area contributed by atoms with Gasteiger partial charge in [-0.2, -0.15) is 0 Å². The zero-order valence-electron chi connectivity index (χ0n) is 6.29. The smallest absolute Gasteiger partial charge is 0.0880 e. The Morgan fingerprint density at radius 1 is 1.42 bits per heavy atom. The summed E-state index contributed by atoms with van der Waals surface area (Å²) >= 11 is 5.92. The summed E-state index contributed by atoms with van der Waals surface area (Å²) in [5.41, 5.74) is 2.02. The van der Waals surface area contributed by atoms with Crippen LogP contribution in [0.15, 0.2) is 30.6 Å². The molecule has 2 rings (SSSR count). The van der Waals surface area contributed by atoms with Gasteiger partial charge in [-0.25, -0.2) is 0 Å². The number of H-pyrrole nitrogens is 1. The molecule has 0 aliphatic rings. The minimum Gasteiger partial charge on any atom is -0.360 e. The molecule has 0 saturated heterocycles. The largest absolute Gasteiger partial charge is 0.360 e. The predicted molar refractivity (Wildman–Crippen MR) is 54.8 cm³/mol. The minimum atomic E-state index is 0.992. The highest BCUT2D eigenvalue weighted by molar-refractivity contribution is 7.28. The van der Waals surface area contributed by atoms with E-state index in [0.717, 1.165) is 16.7 Å². The quantitative estimate of drug-likeness (QED) is 0.677. The van der Waals surface area contributed by atoms with E-state index >= 15 is 0 Å². The van der Waals surface area contributed by atoms with Crippen molar-refractivity contribution in [1.82, 2.24) is 9.07 Å². The maximum Gasteiger partial charge on any atom is 0.0880 e. The Labute approximate surface area is 77.9 Å². The summed E-state index contributed by atoms with van der Waals surface area (Å²) in [6.07, 6.45) is 3.70. The molecule has 2 heterocycles. The maximum atomic E-state index is 5.92. The summed E-state index contributed by atoms with van der Waals surface area (Å²) in [7, 11) is 2.65.